The lowest BCUT2D eigenvalue weighted by molar-refractivity contribution is 0.0402. The van der Waals surface area contributed by atoms with Gasteiger partial charge in [0.05, 0.1) is 12.1 Å². The van der Waals surface area contributed by atoms with Gasteiger partial charge in [0.15, 0.2) is 11.6 Å². The van der Waals surface area contributed by atoms with E-state index in [4.69, 9.17) is 5.73 Å². The summed E-state index contributed by atoms with van der Waals surface area (Å²) in [5, 5.41) is 9.86. The van der Waals surface area contributed by atoms with Crippen molar-refractivity contribution in [2.75, 3.05) is 0 Å². The maximum Gasteiger partial charge on any atom is 0.163 e. The van der Waals surface area contributed by atoms with Crippen molar-refractivity contribution in [3.05, 3.63) is 35.1 Å². The van der Waals surface area contributed by atoms with Crippen molar-refractivity contribution in [1.82, 2.24) is 0 Å². The van der Waals surface area contributed by atoms with Crippen LogP contribution in [0.25, 0.3) is 0 Å². The van der Waals surface area contributed by atoms with Gasteiger partial charge in [-0.2, -0.15) is 0 Å². The molecule has 1 fully saturated rings. The summed E-state index contributed by atoms with van der Waals surface area (Å²) < 4.78 is 39.4. The summed E-state index contributed by atoms with van der Waals surface area (Å²) >= 11 is 0. The van der Waals surface area contributed by atoms with E-state index in [1.54, 1.807) is 0 Å². The first kappa shape index (κ1) is 12.4. The molecule has 2 nitrogen and oxygen atoms in total. The molecule has 0 unspecified atom stereocenters. The van der Waals surface area contributed by atoms with Crippen molar-refractivity contribution < 1.29 is 18.3 Å². The molecule has 2 rings (SSSR count). The SMILES string of the molecule is N[C@H](c1cc(F)cc(F)c1F)[C@@H](O)C1CCC1. The number of benzene rings is 1. The van der Waals surface area contributed by atoms with Crippen LogP contribution < -0.4 is 5.73 Å². The number of hydrogen-bond donors (Lipinski definition) is 2. The number of hydrogen-bond acceptors (Lipinski definition) is 2. The molecule has 0 radical (unpaired) electrons. The average molecular weight is 245 g/mol. The van der Waals surface area contributed by atoms with Gasteiger partial charge in [-0.05, 0) is 24.8 Å². The van der Waals surface area contributed by atoms with E-state index in [-0.39, 0.29) is 11.5 Å². The van der Waals surface area contributed by atoms with E-state index >= 15 is 0 Å². The van der Waals surface area contributed by atoms with Crippen molar-refractivity contribution in [3.8, 4) is 0 Å². The van der Waals surface area contributed by atoms with Crippen LogP contribution in [-0.2, 0) is 0 Å². The van der Waals surface area contributed by atoms with Crippen LogP contribution in [0.1, 0.15) is 30.9 Å². The van der Waals surface area contributed by atoms with E-state index in [2.05, 4.69) is 0 Å². The fourth-order valence-corrected chi connectivity index (χ4v) is 2.08. The smallest absolute Gasteiger partial charge is 0.163 e. The van der Waals surface area contributed by atoms with Gasteiger partial charge >= 0.3 is 0 Å². The molecule has 1 aromatic rings. The largest absolute Gasteiger partial charge is 0.391 e. The minimum atomic E-state index is -1.28. The van der Waals surface area contributed by atoms with Gasteiger partial charge in [-0.15, -0.1) is 0 Å². The second kappa shape index (κ2) is 4.66. The first-order valence-electron chi connectivity index (χ1n) is 5.59. The van der Waals surface area contributed by atoms with Gasteiger partial charge in [-0.1, -0.05) is 6.42 Å². The van der Waals surface area contributed by atoms with Gasteiger partial charge in [-0.3, -0.25) is 0 Å². The standard InChI is InChI=1S/C12H14F3NO/c13-7-4-8(10(15)9(14)5-7)11(16)12(17)6-2-1-3-6/h4-6,11-12,17H,1-3,16H2/t11-,12+/m1/s1. The number of halogens is 3. The molecule has 3 N–H and O–H groups in total. The highest BCUT2D eigenvalue weighted by molar-refractivity contribution is 5.24. The number of rotatable bonds is 3. The molecule has 1 aliphatic rings. The zero-order chi connectivity index (χ0) is 12.6. The zero-order valence-electron chi connectivity index (χ0n) is 9.17. The first-order chi connectivity index (χ1) is 8.00. The molecule has 0 heterocycles. The van der Waals surface area contributed by atoms with Gasteiger partial charge < -0.3 is 10.8 Å². The molecule has 1 aromatic carbocycles. The van der Waals surface area contributed by atoms with Crippen molar-refractivity contribution in [2.24, 2.45) is 11.7 Å². The number of nitrogens with two attached hydrogens (primary N) is 1. The quantitative estimate of drug-likeness (QED) is 0.802. The summed E-state index contributed by atoms with van der Waals surface area (Å²) in [7, 11) is 0. The predicted molar refractivity (Wildman–Crippen MR) is 56.6 cm³/mol. The van der Waals surface area contributed by atoms with Crippen LogP contribution in [0.4, 0.5) is 13.2 Å². The maximum absolute atomic E-state index is 13.4. The molecule has 0 saturated heterocycles. The van der Waals surface area contributed by atoms with Crippen LogP contribution in [0.15, 0.2) is 12.1 Å². The summed E-state index contributed by atoms with van der Waals surface area (Å²) in [6.45, 7) is 0. The lowest BCUT2D eigenvalue weighted by atomic mass is 9.77. The number of aliphatic hydroxyl groups is 1. The molecule has 1 aliphatic carbocycles. The topological polar surface area (TPSA) is 46.2 Å². The zero-order valence-corrected chi connectivity index (χ0v) is 9.17. The third-order valence-electron chi connectivity index (χ3n) is 3.38. The molecule has 5 heteroatoms. The molecule has 17 heavy (non-hydrogen) atoms. The van der Waals surface area contributed by atoms with Crippen molar-refractivity contribution in [3.63, 3.8) is 0 Å². The summed E-state index contributed by atoms with van der Waals surface area (Å²) in [6, 6.07) is 0.206. The summed E-state index contributed by atoms with van der Waals surface area (Å²) in [5.41, 5.74) is 5.36. The molecule has 0 aliphatic heterocycles. The van der Waals surface area contributed by atoms with Crippen LogP contribution in [0.2, 0.25) is 0 Å². The Balaban J connectivity index is 2.26. The third-order valence-corrected chi connectivity index (χ3v) is 3.38. The van der Waals surface area contributed by atoms with Gasteiger partial charge in [-0.25, -0.2) is 13.2 Å². The summed E-state index contributed by atoms with van der Waals surface area (Å²) in [6.07, 6.45) is 1.66. The highest BCUT2D eigenvalue weighted by Crippen LogP contribution is 2.35. The Kier molecular flexibility index (Phi) is 3.40. The lowest BCUT2D eigenvalue weighted by Crippen LogP contribution is -2.37. The monoisotopic (exact) mass is 245 g/mol. The molecule has 0 amide bonds. The Morgan fingerprint density at radius 1 is 1.24 bits per heavy atom. The predicted octanol–water partition coefficient (Wildman–Crippen LogP) is 2.26. The highest BCUT2D eigenvalue weighted by atomic mass is 19.2. The van der Waals surface area contributed by atoms with Crippen molar-refractivity contribution in [1.29, 1.82) is 0 Å². The molecule has 2 atom stereocenters. The minimum Gasteiger partial charge on any atom is -0.391 e. The Hall–Kier alpha value is -1.07. The Morgan fingerprint density at radius 2 is 1.88 bits per heavy atom. The van der Waals surface area contributed by atoms with E-state index in [1.165, 1.54) is 0 Å². The Labute approximate surface area is 97.2 Å². The van der Waals surface area contributed by atoms with Crippen LogP contribution in [0.3, 0.4) is 0 Å². The molecular weight excluding hydrogens is 231 g/mol. The molecule has 1 saturated carbocycles. The van der Waals surface area contributed by atoms with Crippen LogP contribution >= 0.6 is 0 Å². The minimum absolute atomic E-state index is 0.00396. The normalized spacial score (nSPS) is 19.8. The molecule has 0 aromatic heterocycles. The van der Waals surface area contributed by atoms with Crippen molar-refractivity contribution in [2.45, 2.75) is 31.4 Å². The first-order valence-corrected chi connectivity index (χ1v) is 5.59. The van der Waals surface area contributed by atoms with E-state index in [0.717, 1.165) is 25.3 Å². The summed E-state index contributed by atoms with van der Waals surface area (Å²) in [5.74, 6) is -3.36. The fraction of sp³-hybridized carbons (Fsp3) is 0.500. The van der Waals surface area contributed by atoms with E-state index in [9.17, 15) is 18.3 Å². The maximum atomic E-state index is 13.4. The van der Waals surface area contributed by atoms with Gasteiger partial charge in [0.25, 0.3) is 0 Å². The van der Waals surface area contributed by atoms with Gasteiger partial charge in [0.2, 0.25) is 0 Å². The van der Waals surface area contributed by atoms with Crippen LogP contribution in [-0.4, -0.2) is 11.2 Å². The Bertz CT molecular complexity index is 420. The third kappa shape index (κ3) is 2.30. The van der Waals surface area contributed by atoms with Gasteiger partial charge in [0, 0.05) is 11.6 Å². The molecule has 0 spiro atoms. The van der Waals surface area contributed by atoms with Gasteiger partial charge in [0.1, 0.15) is 5.82 Å². The highest BCUT2D eigenvalue weighted by Gasteiger charge is 2.32. The number of aliphatic hydroxyl groups excluding tert-OH is 1. The molecule has 94 valence electrons. The molecular formula is C12H14F3NO. The van der Waals surface area contributed by atoms with E-state index in [0.29, 0.717) is 6.07 Å². The lowest BCUT2D eigenvalue weighted by Gasteiger charge is -2.33. The average Bonchev–Trinajstić information content (AvgIpc) is 2.19. The second-order valence-electron chi connectivity index (χ2n) is 4.50. The second-order valence-corrected chi connectivity index (χ2v) is 4.50. The van der Waals surface area contributed by atoms with Crippen LogP contribution in [0.5, 0.6) is 0 Å². The van der Waals surface area contributed by atoms with E-state index < -0.39 is 29.6 Å². The Morgan fingerprint density at radius 3 is 2.41 bits per heavy atom. The van der Waals surface area contributed by atoms with Crippen LogP contribution in [0, 0.1) is 23.4 Å². The van der Waals surface area contributed by atoms with E-state index in [1.807, 2.05) is 0 Å². The fourth-order valence-electron chi connectivity index (χ4n) is 2.08. The molecule has 0 bridgehead atoms. The van der Waals surface area contributed by atoms with Crippen molar-refractivity contribution >= 4 is 0 Å². The summed E-state index contributed by atoms with van der Waals surface area (Å²) in [4.78, 5) is 0.